The van der Waals surface area contributed by atoms with Crippen molar-refractivity contribution in [1.82, 2.24) is 0 Å². The maximum absolute atomic E-state index is 9.00. The van der Waals surface area contributed by atoms with Gasteiger partial charge in [-0.15, -0.1) is 24.8 Å². The van der Waals surface area contributed by atoms with Gasteiger partial charge in [-0.3, -0.25) is 13.9 Å². The van der Waals surface area contributed by atoms with Crippen LogP contribution in [0.25, 0.3) is 0 Å². The Morgan fingerprint density at radius 1 is 1.00 bits per heavy atom. The summed E-state index contributed by atoms with van der Waals surface area (Å²) in [5.41, 5.74) is 0. The second kappa shape index (κ2) is 43.0. The van der Waals surface area contributed by atoms with Gasteiger partial charge in [0.05, 0.1) is 0 Å². The van der Waals surface area contributed by atoms with Crippen molar-refractivity contribution >= 4 is 110 Å². The Morgan fingerprint density at radius 3 is 1.00 bits per heavy atom. The number of rotatable bonds is 0. The molecule has 0 heterocycles. The molecule has 0 spiro atoms. The molecule has 120 valence electrons. The molecule has 0 amide bonds. The van der Waals surface area contributed by atoms with Crippen LogP contribution in [0.2, 0.25) is 0 Å². The maximum atomic E-state index is 9.00. The molecule has 0 saturated carbocycles. The van der Waals surface area contributed by atoms with Gasteiger partial charge in [0.1, 0.15) is 0 Å². The molecule has 6 N–H and O–H groups in total. The molecule has 0 unspecified atom stereocenters. The monoisotopic (exact) mass is 540 g/mol. The number of hydrogen-bond acceptors (Lipinski definition) is 4. The first-order valence-corrected chi connectivity index (χ1v) is 5.37. The summed E-state index contributed by atoms with van der Waals surface area (Å²) in [7, 11) is -9.31. The fraction of sp³-hybridized carbons (Fsp3) is 0.500. The number of carboxylic acid groups (broad SMARTS) is 1. The number of carbonyl (C=O) groups is 1. The maximum Gasteiger partial charge on any atom is 2.00 e. The Bertz CT molecular complexity index is 326. The van der Waals surface area contributed by atoms with Gasteiger partial charge in [0, 0.05) is 6.92 Å². The second-order valence-corrected chi connectivity index (χ2v) is 3.40. The van der Waals surface area contributed by atoms with E-state index in [9.17, 15) is 0 Å². The van der Waals surface area contributed by atoms with Crippen molar-refractivity contribution in [2.45, 2.75) is 6.92 Å². The van der Waals surface area contributed by atoms with Crippen molar-refractivity contribution in [3.05, 3.63) is 0 Å². The van der Waals surface area contributed by atoms with Crippen LogP contribution >= 0.6 is 32.6 Å². The zero-order valence-corrected chi connectivity index (χ0v) is 31.2. The minimum Gasteiger partial charge on any atom is -1.00 e. The third-order valence-corrected chi connectivity index (χ3v) is 0. The molecule has 0 aliphatic carbocycles. The summed E-state index contributed by atoms with van der Waals surface area (Å²) in [5.74, 6) is -0.833. The molecule has 0 aliphatic rings. The standard InChI is InChI=1S/C2H4O2.Ca.2ClH.3K.Mg.Na.H3O4P.H2O4S.8H/c1-2(3)4;;;;;;;;;2*1-5(2,3)4;;;;;;;;/h1H3,(H,3,4);;2*1H;;;;;;(H3,1,2,3,4);(H2,1,2,3,4);;;;;;;;/q;+2;;;3*+1;+2;+1;;;8*-1. The van der Waals surface area contributed by atoms with E-state index in [1.807, 2.05) is 0 Å². The zero-order chi connectivity index (χ0) is 12.6. The molecule has 22 heavy (non-hydrogen) atoms. The second-order valence-electron chi connectivity index (χ2n) is 1.48. The van der Waals surface area contributed by atoms with Gasteiger partial charge in [0.15, 0.2) is 0 Å². The molecule has 10 nitrogen and oxygen atoms in total. The first-order chi connectivity index (χ1) is 5.73. The molecular weight excluding hydrogens is 523 g/mol. The fourth-order valence-electron chi connectivity index (χ4n) is 0. The average molecular weight is 542 g/mol. The van der Waals surface area contributed by atoms with Crippen molar-refractivity contribution in [2.24, 2.45) is 0 Å². The van der Waals surface area contributed by atoms with E-state index in [4.69, 9.17) is 46.7 Å². The van der Waals surface area contributed by atoms with Crippen molar-refractivity contribution in [3.8, 4) is 0 Å². The van der Waals surface area contributed by atoms with Gasteiger partial charge in [0.25, 0.3) is 5.97 Å². The summed E-state index contributed by atoms with van der Waals surface area (Å²) in [6.45, 7) is 1.08. The molecule has 20 heteroatoms. The van der Waals surface area contributed by atoms with Crippen LogP contribution in [-0.4, -0.2) is 104 Å². The van der Waals surface area contributed by atoms with E-state index < -0.39 is 24.2 Å². The number of aliphatic carboxylic acids is 1. The minimum absolute atomic E-state index is 0. The normalized spacial score (nSPS) is 6.45. The summed E-state index contributed by atoms with van der Waals surface area (Å²) in [4.78, 5) is 30.6. The first-order valence-electron chi connectivity index (χ1n) is 2.41. The number of halogens is 2. The molecule has 0 aromatic heterocycles. The van der Waals surface area contributed by atoms with Gasteiger partial charge in [-0.2, -0.15) is 8.42 Å². The van der Waals surface area contributed by atoms with E-state index in [1.54, 1.807) is 0 Å². The quantitative estimate of drug-likeness (QED) is 0.0975. The largest absolute Gasteiger partial charge is 2.00 e. The van der Waals surface area contributed by atoms with Crippen LogP contribution in [0.5, 0.6) is 0 Å². The van der Waals surface area contributed by atoms with Crippen LogP contribution in [0.3, 0.4) is 0 Å². The van der Waals surface area contributed by atoms with E-state index in [1.165, 1.54) is 0 Å². The van der Waals surface area contributed by atoms with Gasteiger partial charge in [-0.05, 0) is 0 Å². The van der Waals surface area contributed by atoms with Gasteiger partial charge in [-0.1, -0.05) is 0 Å². The topological polar surface area (TPSA) is 190 Å². The predicted molar refractivity (Wildman–Crippen MR) is 76.7 cm³/mol. The average Bonchev–Trinajstić information content (AvgIpc) is 1.45. The Kier molecular flexibility index (Phi) is 136. The fourth-order valence-corrected chi connectivity index (χ4v) is 0. The Hall–Kier alpha value is 7.97. The first kappa shape index (κ1) is 69.9. The Balaban J connectivity index is -0.00000000282. The van der Waals surface area contributed by atoms with Crippen LogP contribution in [0.15, 0.2) is 0 Å². The van der Waals surface area contributed by atoms with Gasteiger partial charge in [0.2, 0.25) is 0 Å². The Morgan fingerprint density at radius 2 is 1.00 bits per heavy atom. The van der Waals surface area contributed by atoms with Crippen LogP contribution < -0.4 is 184 Å². The molecule has 0 aromatic carbocycles. The van der Waals surface area contributed by atoms with Gasteiger partial charge >= 0.3 is 263 Å². The summed E-state index contributed by atoms with van der Waals surface area (Å²) >= 11 is 0. The van der Waals surface area contributed by atoms with E-state index in [0.717, 1.165) is 6.92 Å². The van der Waals surface area contributed by atoms with Crippen molar-refractivity contribution in [2.75, 3.05) is 0 Å². The molecule has 0 atom stereocenters. The number of carboxylic acids is 1. The molecule has 0 saturated heterocycles. The summed E-state index contributed by atoms with van der Waals surface area (Å²) in [5, 5.41) is 7.42. The smallest absolute Gasteiger partial charge is 1.00 e. The molecular formula is C2H19CaCl2K3MgNaO10PS. The van der Waals surface area contributed by atoms with Crippen LogP contribution in [0, 0.1) is 0 Å². The SMILES string of the molecule is CC(=O)O.Cl.Cl.O=P(O)(O)O.O=S(=O)(O)O.[Ca+2].[H-].[H-].[H-].[H-].[H-].[H-].[H-].[H-].[K+].[K+].[K+].[Mg+2].[Na+]. The molecule has 0 rings (SSSR count). The summed E-state index contributed by atoms with van der Waals surface area (Å²) in [6.07, 6.45) is 0. The third kappa shape index (κ3) is 321. The van der Waals surface area contributed by atoms with Crippen molar-refractivity contribution in [3.63, 3.8) is 0 Å². The van der Waals surface area contributed by atoms with Gasteiger partial charge < -0.3 is 31.2 Å². The summed E-state index contributed by atoms with van der Waals surface area (Å²) < 4.78 is 40.5. The predicted octanol–water partition coefficient (Wildman–Crippen LogP) is -12.5. The molecule has 0 aromatic rings. The van der Waals surface area contributed by atoms with Crippen LogP contribution in [-0.2, 0) is 19.8 Å². The third-order valence-electron chi connectivity index (χ3n) is 0. The van der Waals surface area contributed by atoms with E-state index in [-0.39, 0.29) is 281 Å². The molecule has 0 aliphatic heterocycles. The van der Waals surface area contributed by atoms with E-state index in [0.29, 0.717) is 0 Å². The van der Waals surface area contributed by atoms with Crippen molar-refractivity contribution < 1.29 is 242 Å². The van der Waals surface area contributed by atoms with Gasteiger partial charge in [-0.25, -0.2) is 4.57 Å². The molecule has 0 radical (unpaired) electrons. The van der Waals surface area contributed by atoms with E-state index >= 15 is 0 Å². The number of hydrogen-bond donors (Lipinski definition) is 6. The van der Waals surface area contributed by atoms with Crippen LogP contribution in [0.4, 0.5) is 0 Å². The Labute approximate surface area is 348 Å². The summed E-state index contributed by atoms with van der Waals surface area (Å²) in [6, 6.07) is 0. The van der Waals surface area contributed by atoms with Crippen LogP contribution in [0.1, 0.15) is 18.3 Å². The van der Waals surface area contributed by atoms with Crippen molar-refractivity contribution in [1.29, 1.82) is 0 Å². The number of phosphoric acid groups is 1. The molecule has 0 fully saturated rings. The van der Waals surface area contributed by atoms with E-state index in [2.05, 4.69) is 0 Å². The molecule has 0 bridgehead atoms. The minimum atomic E-state index is -4.67. The zero-order valence-electron chi connectivity index (χ0n) is 20.9.